The predicted molar refractivity (Wildman–Crippen MR) is 114 cm³/mol. The molecule has 0 aliphatic rings. The van der Waals surface area contributed by atoms with Gasteiger partial charge < -0.3 is 10.1 Å². The van der Waals surface area contributed by atoms with Gasteiger partial charge in [0, 0.05) is 19.2 Å². The van der Waals surface area contributed by atoms with E-state index in [1.54, 1.807) is 37.4 Å². The van der Waals surface area contributed by atoms with E-state index in [4.69, 9.17) is 27.9 Å². The van der Waals surface area contributed by atoms with Crippen LogP contribution in [0, 0.1) is 5.82 Å². The summed E-state index contributed by atoms with van der Waals surface area (Å²) < 4.78 is 22.0. The molecule has 1 aromatic carbocycles. The lowest BCUT2D eigenvalue weighted by atomic mass is 10.2. The van der Waals surface area contributed by atoms with Crippen molar-refractivity contribution in [3.05, 3.63) is 57.6 Å². The van der Waals surface area contributed by atoms with Gasteiger partial charge in [0.05, 0.1) is 12.3 Å². The molecule has 1 N–H and O–H groups in total. The number of ether oxygens (including phenoxy) is 1. The van der Waals surface area contributed by atoms with Crippen molar-refractivity contribution in [2.75, 3.05) is 6.61 Å². The van der Waals surface area contributed by atoms with Gasteiger partial charge in [0.25, 0.3) is 5.91 Å². The van der Waals surface area contributed by atoms with E-state index >= 15 is 0 Å². The van der Waals surface area contributed by atoms with Crippen LogP contribution in [-0.4, -0.2) is 22.3 Å². The molecule has 158 valence electrons. The number of carbonyl (C=O) groups excluding carboxylic acids is 1. The standard InChI is InChI=1S/C21H26Cl2FN3O2/c1-3-16-13-17(27(2)26-16)21(28)25-14-15-9-8-10-18(20(15)24)29-12-7-5-4-6-11-19(22)23/h8-11,13H,3-7,12,14H2,1-2H3,(H,25,28). The van der Waals surface area contributed by atoms with Gasteiger partial charge in [-0.2, -0.15) is 5.10 Å². The van der Waals surface area contributed by atoms with Gasteiger partial charge in [0.15, 0.2) is 11.6 Å². The fourth-order valence-corrected chi connectivity index (χ4v) is 3.02. The molecule has 29 heavy (non-hydrogen) atoms. The highest BCUT2D eigenvalue weighted by Crippen LogP contribution is 2.21. The van der Waals surface area contributed by atoms with Crippen LogP contribution in [0.25, 0.3) is 0 Å². The normalized spacial score (nSPS) is 10.7. The average molecular weight is 442 g/mol. The van der Waals surface area contributed by atoms with Gasteiger partial charge in [-0.3, -0.25) is 9.48 Å². The van der Waals surface area contributed by atoms with E-state index in [-0.39, 0.29) is 22.7 Å². The smallest absolute Gasteiger partial charge is 0.269 e. The van der Waals surface area contributed by atoms with Crippen molar-refractivity contribution in [1.29, 1.82) is 0 Å². The van der Waals surface area contributed by atoms with Crippen LogP contribution in [-0.2, 0) is 20.0 Å². The van der Waals surface area contributed by atoms with Crippen molar-refractivity contribution in [1.82, 2.24) is 15.1 Å². The number of benzene rings is 1. The van der Waals surface area contributed by atoms with Gasteiger partial charge in [-0.05, 0) is 44.2 Å². The SMILES string of the molecule is CCc1cc(C(=O)NCc2cccc(OCCCCCC=C(Cl)Cl)c2F)n(C)n1. The number of hydrogen-bond acceptors (Lipinski definition) is 3. The van der Waals surface area contributed by atoms with Crippen LogP contribution in [0.15, 0.2) is 34.8 Å². The number of hydrogen-bond donors (Lipinski definition) is 1. The molecule has 0 saturated heterocycles. The number of amides is 1. The highest BCUT2D eigenvalue weighted by molar-refractivity contribution is 6.55. The minimum Gasteiger partial charge on any atom is -0.491 e. The first kappa shape index (κ1) is 23.2. The monoisotopic (exact) mass is 441 g/mol. The summed E-state index contributed by atoms with van der Waals surface area (Å²) >= 11 is 11.1. The van der Waals surface area contributed by atoms with Crippen molar-refractivity contribution in [3.63, 3.8) is 0 Å². The molecule has 1 heterocycles. The molecule has 0 radical (unpaired) electrons. The maximum absolute atomic E-state index is 14.7. The number of halogens is 3. The molecule has 8 heteroatoms. The molecule has 0 fully saturated rings. The summed E-state index contributed by atoms with van der Waals surface area (Å²) in [6.07, 6.45) is 5.98. The summed E-state index contributed by atoms with van der Waals surface area (Å²) in [5.41, 5.74) is 1.65. The van der Waals surface area contributed by atoms with Crippen LogP contribution < -0.4 is 10.1 Å². The zero-order valence-corrected chi connectivity index (χ0v) is 18.2. The lowest BCUT2D eigenvalue weighted by molar-refractivity contribution is 0.0941. The Labute approximate surface area is 180 Å². The molecular formula is C21H26Cl2FN3O2. The second kappa shape index (κ2) is 11.8. The number of aromatic nitrogens is 2. The predicted octanol–water partition coefficient (Wildman–Crippen LogP) is 5.31. The molecule has 0 spiro atoms. The Morgan fingerprint density at radius 1 is 1.31 bits per heavy atom. The van der Waals surface area contributed by atoms with Crippen molar-refractivity contribution in [2.24, 2.45) is 7.05 Å². The number of unbranched alkanes of at least 4 members (excludes halogenated alkanes) is 3. The molecule has 0 unspecified atom stereocenters. The number of aryl methyl sites for hydroxylation is 2. The summed E-state index contributed by atoms with van der Waals surface area (Å²) in [4.78, 5) is 12.4. The third-order valence-electron chi connectivity index (χ3n) is 4.41. The number of rotatable bonds is 11. The van der Waals surface area contributed by atoms with Gasteiger partial charge in [-0.1, -0.05) is 48.3 Å². The van der Waals surface area contributed by atoms with Gasteiger partial charge in [-0.15, -0.1) is 0 Å². The number of allylic oxidation sites excluding steroid dienone is 1. The third-order valence-corrected chi connectivity index (χ3v) is 4.72. The average Bonchev–Trinajstić information content (AvgIpc) is 3.08. The first-order valence-electron chi connectivity index (χ1n) is 9.64. The van der Waals surface area contributed by atoms with Crippen molar-refractivity contribution < 1.29 is 13.9 Å². The summed E-state index contributed by atoms with van der Waals surface area (Å²) in [5.74, 6) is -0.560. The number of nitrogens with zero attached hydrogens (tertiary/aromatic N) is 2. The highest BCUT2D eigenvalue weighted by atomic mass is 35.5. The first-order valence-corrected chi connectivity index (χ1v) is 10.4. The Hall–Kier alpha value is -2.05. The van der Waals surface area contributed by atoms with Gasteiger partial charge in [0.1, 0.15) is 10.2 Å². The summed E-state index contributed by atoms with van der Waals surface area (Å²) in [6.45, 7) is 2.46. The van der Waals surface area contributed by atoms with Crippen molar-refractivity contribution in [3.8, 4) is 5.75 Å². The zero-order chi connectivity index (χ0) is 21.2. The van der Waals surface area contributed by atoms with E-state index in [1.165, 1.54) is 4.68 Å². The fraction of sp³-hybridized carbons (Fsp3) is 0.429. The lowest BCUT2D eigenvalue weighted by Gasteiger charge is -2.11. The lowest BCUT2D eigenvalue weighted by Crippen LogP contribution is -2.25. The maximum Gasteiger partial charge on any atom is 0.269 e. The van der Waals surface area contributed by atoms with Crippen LogP contribution in [0.2, 0.25) is 0 Å². The van der Waals surface area contributed by atoms with Crippen LogP contribution in [0.5, 0.6) is 5.75 Å². The van der Waals surface area contributed by atoms with Crippen molar-refractivity contribution >= 4 is 29.1 Å². The van der Waals surface area contributed by atoms with E-state index in [9.17, 15) is 9.18 Å². The third kappa shape index (κ3) is 7.37. The quantitative estimate of drug-likeness (QED) is 0.480. The molecule has 2 rings (SSSR count). The van der Waals surface area contributed by atoms with Crippen LogP contribution in [0.4, 0.5) is 4.39 Å². The van der Waals surface area contributed by atoms with Gasteiger partial charge in [0.2, 0.25) is 0 Å². The highest BCUT2D eigenvalue weighted by Gasteiger charge is 2.14. The molecule has 0 saturated carbocycles. The maximum atomic E-state index is 14.7. The fourth-order valence-electron chi connectivity index (χ4n) is 2.80. The Morgan fingerprint density at radius 3 is 2.79 bits per heavy atom. The second-order valence-corrected chi connectivity index (χ2v) is 7.61. The summed E-state index contributed by atoms with van der Waals surface area (Å²) in [7, 11) is 1.71. The topological polar surface area (TPSA) is 56.1 Å². The van der Waals surface area contributed by atoms with E-state index in [1.807, 2.05) is 6.92 Å². The summed E-state index contributed by atoms with van der Waals surface area (Å²) in [6, 6.07) is 6.67. The molecule has 0 aliphatic heterocycles. The first-order chi connectivity index (χ1) is 13.9. The van der Waals surface area contributed by atoms with E-state index < -0.39 is 5.82 Å². The molecule has 2 aromatic rings. The molecule has 1 amide bonds. The minimum absolute atomic E-state index is 0.0695. The largest absolute Gasteiger partial charge is 0.491 e. The number of nitrogens with one attached hydrogen (secondary N) is 1. The molecule has 0 atom stereocenters. The molecular weight excluding hydrogens is 416 g/mol. The molecule has 1 aromatic heterocycles. The van der Waals surface area contributed by atoms with Crippen LogP contribution in [0.1, 0.15) is 54.4 Å². The molecule has 5 nitrogen and oxygen atoms in total. The Morgan fingerprint density at radius 2 is 2.10 bits per heavy atom. The van der Waals surface area contributed by atoms with Gasteiger partial charge in [-0.25, -0.2) is 4.39 Å². The summed E-state index contributed by atoms with van der Waals surface area (Å²) in [5, 5.41) is 6.99. The Kier molecular flexibility index (Phi) is 9.48. The Bertz CT molecular complexity index is 848. The van der Waals surface area contributed by atoms with Crippen molar-refractivity contribution in [2.45, 2.75) is 45.6 Å². The van der Waals surface area contributed by atoms with Gasteiger partial charge >= 0.3 is 0 Å². The number of carbonyl (C=O) groups is 1. The molecule has 0 bridgehead atoms. The zero-order valence-electron chi connectivity index (χ0n) is 16.7. The van der Waals surface area contributed by atoms with E-state index in [0.29, 0.717) is 17.9 Å². The minimum atomic E-state index is -0.455. The van der Waals surface area contributed by atoms with Crippen LogP contribution >= 0.6 is 23.2 Å². The second-order valence-electron chi connectivity index (χ2n) is 6.60. The Balaban J connectivity index is 1.84. The molecule has 0 aliphatic carbocycles. The van der Waals surface area contributed by atoms with E-state index in [2.05, 4.69) is 10.4 Å². The van der Waals surface area contributed by atoms with E-state index in [0.717, 1.165) is 37.8 Å². The van der Waals surface area contributed by atoms with Crippen LogP contribution in [0.3, 0.4) is 0 Å².